The molecule has 30 heavy (non-hydrogen) atoms. The van der Waals surface area contributed by atoms with E-state index in [1.54, 1.807) is 26.2 Å². The van der Waals surface area contributed by atoms with E-state index in [2.05, 4.69) is 17.6 Å². The minimum absolute atomic E-state index is 0.00301. The number of nitrogens with one attached hydrogen (secondary N) is 2. The Hall–Kier alpha value is -2.87. The van der Waals surface area contributed by atoms with Crippen LogP contribution in [-0.4, -0.2) is 48.8 Å². The molecule has 3 rings (SSSR count). The highest BCUT2D eigenvalue weighted by molar-refractivity contribution is 5.99. The lowest BCUT2D eigenvalue weighted by Gasteiger charge is -2.24. The maximum atomic E-state index is 12.2. The third kappa shape index (κ3) is 4.33. The Bertz CT molecular complexity index is 978. The number of nitrogens with zero attached hydrogens (tertiary/aromatic N) is 1. The van der Waals surface area contributed by atoms with Gasteiger partial charge in [-0.25, -0.2) is 0 Å². The van der Waals surface area contributed by atoms with Crippen LogP contribution in [0.4, 0.5) is 17.1 Å². The summed E-state index contributed by atoms with van der Waals surface area (Å²) in [4.78, 5) is 37.9. The van der Waals surface area contributed by atoms with Crippen molar-refractivity contribution in [2.75, 3.05) is 31.3 Å². The molecule has 0 saturated heterocycles. The molecular weight excluding hydrogens is 386 g/mol. The van der Waals surface area contributed by atoms with Crippen molar-refractivity contribution in [2.45, 2.75) is 51.2 Å². The van der Waals surface area contributed by atoms with Gasteiger partial charge in [-0.1, -0.05) is 19.4 Å². The van der Waals surface area contributed by atoms with E-state index in [-0.39, 0.29) is 46.4 Å². The number of carbonyl (C=O) groups is 1. The molecule has 1 fully saturated rings. The van der Waals surface area contributed by atoms with Crippen LogP contribution in [0.2, 0.25) is 0 Å². The smallest absolute Gasteiger partial charge is 0.257 e. The van der Waals surface area contributed by atoms with Crippen molar-refractivity contribution in [3.8, 4) is 5.75 Å². The van der Waals surface area contributed by atoms with Gasteiger partial charge in [-0.2, -0.15) is 0 Å². The third-order valence-electron chi connectivity index (χ3n) is 5.45. The van der Waals surface area contributed by atoms with Crippen molar-refractivity contribution >= 4 is 23.0 Å². The number of carbonyl (C=O) groups excluding carboxylic acids is 1. The molecule has 8 nitrogen and oxygen atoms in total. The van der Waals surface area contributed by atoms with E-state index in [0.717, 1.165) is 32.1 Å². The van der Waals surface area contributed by atoms with E-state index in [0.29, 0.717) is 6.61 Å². The molecule has 2 aromatic rings. The van der Waals surface area contributed by atoms with Gasteiger partial charge >= 0.3 is 0 Å². The predicted octanol–water partition coefficient (Wildman–Crippen LogP) is 2.58. The van der Waals surface area contributed by atoms with E-state index < -0.39 is 10.9 Å². The summed E-state index contributed by atoms with van der Waals surface area (Å²) in [6.45, 7) is 2.78. The van der Waals surface area contributed by atoms with Crippen molar-refractivity contribution in [1.29, 1.82) is 0 Å². The van der Waals surface area contributed by atoms with Crippen molar-refractivity contribution in [1.82, 2.24) is 4.90 Å². The van der Waals surface area contributed by atoms with E-state index in [9.17, 15) is 19.5 Å². The number of amides is 1. The molecule has 0 spiro atoms. The first-order valence-electron chi connectivity index (χ1n) is 10.4. The molecule has 0 aromatic heterocycles. The summed E-state index contributed by atoms with van der Waals surface area (Å²) in [5.74, 6) is -0.630. The molecule has 3 N–H and O–H groups in total. The Balaban J connectivity index is 1.78. The number of anilines is 3. The molecule has 0 radical (unpaired) electrons. The van der Waals surface area contributed by atoms with E-state index in [1.165, 1.54) is 11.0 Å². The van der Waals surface area contributed by atoms with Crippen LogP contribution in [-0.2, 0) is 4.74 Å². The molecule has 8 heteroatoms. The van der Waals surface area contributed by atoms with Gasteiger partial charge in [0.1, 0.15) is 11.4 Å². The lowest BCUT2D eigenvalue weighted by Crippen LogP contribution is -2.41. The van der Waals surface area contributed by atoms with Gasteiger partial charge in [0, 0.05) is 20.7 Å². The molecule has 1 saturated carbocycles. The van der Waals surface area contributed by atoms with Gasteiger partial charge in [0.15, 0.2) is 5.75 Å². The van der Waals surface area contributed by atoms with Crippen LogP contribution in [0.3, 0.4) is 0 Å². The minimum atomic E-state index is -0.650. The van der Waals surface area contributed by atoms with E-state index >= 15 is 0 Å². The van der Waals surface area contributed by atoms with Crippen molar-refractivity contribution in [2.24, 2.45) is 0 Å². The highest BCUT2D eigenvalue weighted by Gasteiger charge is 2.32. The van der Waals surface area contributed by atoms with Crippen LogP contribution < -0.4 is 21.5 Å². The Labute approximate surface area is 175 Å². The van der Waals surface area contributed by atoms with E-state index in [1.807, 2.05) is 0 Å². The lowest BCUT2D eigenvalue weighted by molar-refractivity contribution is 0.0501. The first kappa shape index (κ1) is 21.8. The Morgan fingerprint density at radius 2 is 1.93 bits per heavy atom. The van der Waals surface area contributed by atoms with Gasteiger partial charge < -0.3 is 25.4 Å². The number of hydrogen-bond donors (Lipinski definition) is 3. The predicted molar refractivity (Wildman–Crippen MR) is 117 cm³/mol. The van der Waals surface area contributed by atoms with Crippen molar-refractivity contribution in [3.05, 3.63) is 44.2 Å². The van der Waals surface area contributed by atoms with Gasteiger partial charge in [0.05, 0.1) is 23.4 Å². The van der Waals surface area contributed by atoms with Crippen molar-refractivity contribution in [3.63, 3.8) is 0 Å². The SMILES string of the molecule is CCCCO[C@H]1CCC[C@@H]1Nc1c(Nc2cccc(C(=O)N(C)C)c2O)c(=O)c1=O. The molecule has 0 aliphatic heterocycles. The van der Waals surface area contributed by atoms with Crippen LogP contribution in [0.15, 0.2) is 27.8 Å². The second-order valence-corrected chi connectivity index (χ2v) is 7.88. The summed E-state index contributed by atoms with van der Waals surface area (Å²) in [5.41, 5.74) is -0.624. The zero-order valence-electron chi connectivity index (χ0n) is 17.7. The summed E-state index contributed by atoms with van der Waals surface area (Å²) in [6, 6.07) is 4.61. The number of phenols is 1. The molecule has 2 aromatic carbocycles. The minimum Gasteiger partial charge on any atom is -0.505 e. The van der Waals surface area contributed by atoms with Crippen LogP contribution in [0.1, 0.15) is 49.4 Å². The highest BCUT2D eigenvalue weighted by atomic mass is 16.5. The van der Waals surface area contributed by atoms with Gasteiger partial charge in [-0.3, -0.25) is 14.4 Å². The average molecular weight is 415 g/mol. The second kappa shape index (κ2) is 9.30. The number of hydrogen-bond acceptors (Lipinski definition) is 7. The zero-order chi connectivity index (χ0) is 21.8. The quantitative estimate of drug-likeness (QED) is 0.328. The fourth-order valence-corrected chi connectivity index (χ4v) is 3.70. The number of aromatic hydroxyl groups is 1. The van der Waals surface area contributed by atoms with Gasteiger partial charge in [-0.15, -0.1) is 0 Å². The number of unbranched alkanes of at least 4 members (excludes halogenated alkanes) is 1. The molecule has 1 aliphatic rings. The average Bonchev–Trinajstić information content (AvgIpc) is 3.18. The first-order valence-corrected chi connectivity index (χ1v) is 10.4. The summed E-state index contributed by atoms with van der Waals surface area (Å²) in [5, 5.41) is 16.5. The molecule has 2 atom stereocenters. The highest BCUT2D eigenvalue weighted by Crippen LogP contribution is 2.33. The van der Waals surface area contributed by atoms with Crippen LogP contribution in [0.5, 0.6) is 5.75 Å². The molecule has 0 unspecified atom stereocenters. The second-order valence-electron chi connectivity index (χ2n) is 7.88. The molecule has 0 bridgehead atoms. The Kier molecular flexibility index (Phi) is 6.77. The summed E-state index contributed by atoms with van der Waals surface area (Å²) >= 11 is 0. The van der Waals surface area contributed by atoms with Gasteiger partial charge in [0.25, 0.3) is 16.8 Å². The summed E-state index contributed by atoms with van der Waals surface area (Å²) in [7, 11) is 3.17. The number of ether oxygens (including phenoxy) is 1. The standard InChI is InChI=1S/C22H29N3O5/c1-4-5-12-30-16-11-7-9-14(16)23-17-18(21(28)20(17)27)24-15-10-6-8-13(19(15)26)22(29)25(2)3/h6,8,10,14,16,23-24,26H,4-5,7,9,11-12H2,1-3H3/t14-,16-/m0/s1. The normalized spacial score (nSPS) is 18.5. The number of para-hydroxylation sites is 1. The first-order chi connectivity index (χ1) is 14.3. The molecule has 0 heterocycles. The Morgan fingerprint density at radius 3 is 2.63 bits per heavy atom. The molecular formula is C22H29N3O5. The largest absolute Gasteiger partial charge is 0.505 e. The number of phenolic OH excluding ortho intramolecular Hbond substituents is 1. The van der Waals surface area contributed by atoms with Gasteiger partial charge in [0.2, 0.25) is 0 Å². The molecule has 162 valence electrons. The fraction of sp³-hybridized carbons (Fsp3) is 0.500. The van der Waals surface area contributed by atoms with Gasteiger partial charge in [-0.05, 0) is 37.8 Å². The monoisotopic (exact) mass is 415 g/mol. The maximum absolute atomic E-state index is 12.2. The van der Waals surface area contributed by atoms with Crippen molar-refractivity contribution < 1.29 is 14.6 Å². The topological polar surface area (TPSA) is 108 Å². The van der Waals surface area contributed by atoms with Crippen LogP contribution >= 0.6 is 0 Å². The van der Waals surface area contributed by atoms with E-state index in [4.69, 9.17) is 4.74 Å². The van der Waals surface area contributed by atoms with Crippen LogP contribution in [0, 0.1) is 0 Å². The van der Waals surface area contributed by atoms with Crippen LogP contribution in [0.25, 0.3) is 0 Å². The molecule has 1 amide bonds. The molecule has 1 aliphatic carbocycles. The number of rotatable bonds is 9. The summed E-state index contributed by atoms with van der Waals surface area (Å²) < 4.78 is 5.94. The number of benzene rings is 1. The maximum Gasteiger partial charge on any atom is 0.257 e. The summed E-state index contributed by atoms with van der Waals surface area (Å²) in [6.07, 6.45) is 4.79. The zero-order valence-corrected chi connectivity index (χ0v) is 17.7. The fourth-order valence-electron chi connectivity index (χ4n) is 3.70. The third-order valence-corrected chi connectivity index (χ3v) is 5.45. The lowest BCUT2D eigenvalue weighted by atomic mass is 10.1. The Morgan fingerprint density at radius 1 is 1.20 bits per heavy atom.